The molecule has 1 aromatic heterocycles. The molecule has 2 N–H and O–H groups in total. The maximum atomic E-state index is 12.9. The fourth-order valence-electron chi connectivity index (χ4n) is 4.48. The number of fused-ring (bicyclic) bond motifs is 2. The number of ether oxygens (including phenoxy) is 3. The van der Waals surface area contributed by atoms with Gasteiger partial charge in [0, 0.05) is 18.7 Å². The third-order valence-electron chi connectivity index (χ3n) is 6.07. The van der Waals surface area contributed by atoms with Crippen molar-refractivity contribution in [3.8, 4) is 22.9 Å². The number of amides is 1. The Morgan fingerprint density at radius 2 is 2.18 bits per heavy atom. The highest BCUT2D eigenvalue weighted by Gasteiger charge is 2.38. The Hall–Kier alpha value is -3.70. The van der Waals surface area contributed by atoms with E-state index < -0.39 is 6.10 Å². The van der Waals surface area contributed by atoms with Gasteiger partial charge in [-0.05, 0) is 54.6 Å². The van der Waals surface area contributed by atoms with Crippen LogP contribution in [0.15, 0.2) is 30.3 Å². The minimum Gasteiger partial charge on any atom is -0.492 e. The first-order valence-corrected chi connectivity index (χ1v) is 11.0. The molecule has 11 heteroatoms. The number of para-hydroxylation sites is 1. The minimum absolute atomic E-state index is 0.138. The van der Waals surface area contributed by atoms with Crippen molar-refractivity contribution in [2.45, 2.75) is 25.5 Å². The predicted molar refractivity (Wildman–Crippen MR) is 120 cm³/mol. The number of likely N-dealkylation sites (N-methyl/N-ethyl adjacent to an activating group) is 1. The van der Waals surface area contributed by atoms with Crippen molar-refractivity contribution in [1.29, 1.82) is 0 Å². The van der Waals surface area contributed by atoms with Gasteiger partial charge in [0.15, 0.2) is 17.3 Å². The molecule has 2 aliphatic heterocycles. The normalized spacial score (nSPS) is 17.8. The van der Waals surface area contributed by atoms with Gasteiger partial charge in [-0.1, -0.05) is 12.1 Å². The van der Waals surface area contributed by atoms with Crippen LogP contribution in [0.25, 0.3) is 5.69 Å². The lowest BCUT2D eigenvalue weighted by Gasteiger charge is -2.34. The van der Waals surface area contributed by atoms with Crippen LogP contribution < -0.4 is 19.5 Å². The average molecular weight is 466 g/mol. The Balaban J connectivity index is 1.62. The van der Waals surface area contributed by atoms with Gasteiger partial charge in [0.05, 0.1) is 24.5 Å². The number of carbonyl (C=O) groups excluding carboxylic acids is 1. The standard InChI is InChI=1S/C23H26N6O5/c1-13(30)11-24-23(31)15-6-4-5-7-16(15)29-22(25-26-27-29)19-18-14(8-9-28(19)2)10-17-20(21(18)32-3)34-12-33-17/h4-7,10,13,19,30H,8-9,11-12H2,1-3H3,(H,24,31). The van der Waals surface area contributed by atoms with Crippen LogP contribution in [0, 0.1) is 0 Å². The van der Waals surface area contributed by atoms with Crippen molar-refractivity contribution in [3.63, 3.8) is 0 Å². The number of hydrogen-bond acceptors (Lipinski definition) is 9. The zero-order valence-corrected chi connectivity index (χ0v) is 19.2. The second-order valence-electron chi connectivity index (χ2n) is 8.37. The molecule has 0 fully saturated rings. The molecule has 2 aliphatic rings. The summed E-state index contributed by atoms with van der Waals surface area (Å²) in [6.07, 6.45) is 0.141. The number of nitrogens with one attached hydrogen (secondary N) is 1. The number of aliphatic hydroxyl groups excluding tert-OH is 1. The van der Waals surface area contributed by atoms with Gasteiger partial charge in [0.1, 0.15) is 6.04 Å². The quantitative estimate of drug-likeness (QED) is 0.549. The van der Waals surface area contributed by atoms with Crippen molar-refractivity contribution in [2.24, 2.45) is 0 Å². The largest absolute Gasteiger partial charge is 0.492 e. The second kappa shape index (κ2) is 8.92. The maximum absolute atomic E-state index is 12.9. The fraction of sp³-hybridized carbons (Fsp3) is 0.391. The average Bonchev–Trinajstić information content (AvgIpc) is 3.50. The molecule has 3 heterocycles. The molecule has 2 atom stereocenters. The Morgan fingerprint density at radius 1 is 1.35 bits per heavy atom. The summed E-state index contributed by atoms with van der Waals surface area (Å²) in [5, 5.41) is 24.9. The Kier molecular flexibility index (Phi) is 5.80. The van der Waals surface area contributed by atoms with Gasteiger partial charge in [-0.2, -0.15) is 4.68 Å². The number of nitrogens with zero attached hydrogens (tertiary/aromatic N) is 5. The van der Waals surface area contributed by atoms with E-state index >= 15 is 0 Å². The molecule has 0 aliphatic carbocycles. The van der Waals surface area contributed by atoms with Crippen molar-refractivity contribution in [1.82, 2.24) is 30.4 Å². The third kappa shape index (κ3) is 3.72. The highest BCUT2D eigenvalue weighted by atomic mass is 16.7. The molecule has 0 bridgehead atoms. The fourth-order valence-corrected chi connectivity index (χ4v) is 4.48. The SMILES string of the molecule is COc1c2c(cc3c1C(c1nnnn1-c1ccccc1C(=O)NCC(C)O)N(C)CC3)OCO2. The number of rotatable bonds is 6. The summed E-state index contributed by atoms with van der Waals surface area (Å²) >= 11 is 0. The lowest BCUT2D eigenvalue weighted by molar-refractivity contribution is 0.0923. The molecular weight excluding hydrogens is 440 g/mol. The molecular formula is C23H26N6O5. The number of tetrazole rings is 1. The molecule has 178 valence electrons. The van der Waals surface area contributed by atoms with Gasteiger partial charge >= 0.3 is 0 Å². The van der Waals surface area contributed by atoms with E-state index in [-0.39, 0.29) is 25.3 Å². The van der Waals surface area contributed by atoms with E-state index in [0.29, 0.717) is 34.3 Å². The van der Waals surface area contributed by atoms with Gasteiger partial charge in [0.2, 0.25) is 12.5 Å². The van der Waals surface area contributed by atoms with Crippen LogP contribution in [0.1, 0.15) is 40.3 Å². The van der Waals surface area contributed by atoms with E-state index in [9.17, 15) is 9.90 Å². The highest BCUT2D eigenvalue weighted by Crippen LogP contribution is 2.50. The van der Waals surface area contributed by atoms with Gasteiger partial charge in [-0.3, -0.25) is 9.69 Å². The van der Waals surface area contributed by atoms with Crippen molar-refractivity contribution in [3.05, 3.63) is 52.8 Å². The molecule has 11 nitrogen and oxygen atoms in total. The first-order chi connectivity index (χ1) is 16.5. The van der Waals surface area contributed by atoms with Gasteiger partial charge in [0.25, 0.3) is 5.91 Å². The molecule has 0 spiro atoms. The van der Waals surface area contributed by atoms with Crippen LogP contribution in [-0.2, 0) is 6.42 Å². The molecule has 1 amide bonds. The van der Waals surface area contributed by atoms with Crippen molar-refractivity contribution < 1.29 is 24.1 Å². The van der Waals surface area contributed by atoms with E-state index in [2.05, 4.69) is 25.7 Å². The summed E-state index contributed by atoms with van der Waals surface area (Å²) in [5.41, 5.74) is 2.91. The maximum Gasteiger partial charge on any atom is 0.253 e. The molecule has 5 rings (SSSR count). The number of aliphatic hydroxyl groups is 1. The van der Waals surface area contributed by atoms with Crippen LogP contribution in [0.3, 0.4) is 0 Å². The number of methoxy groups -OCH3 is 1. The van der Waals surface area contributed by atoms with E-state index in [1.807, 2.05) is 19.2 Å². The monoisotopic (exact) mass is 466 g/mol. The van der Waals surface area contributed by atoms with E-state index in [1.54, 1.807) is 36.9 Å². The molecule has 0 saturated carbocycles. The lowest BCUT2D eigenvalue weighted by atomic mass is 9.90. The van der Waals surface area contributed by atoms with Crippen LogP contribution >= 0.6 is 0 Å². The third-order valence-corrected chi connectivity index (χ3v) is 6.07. The number of aromatic nitrogens is 4. The van der Waals surface area contributed by atoms with Crippen molar-refractivity contribution >= 4 is 5.91 Å². The second-order valence-corrected chi connectivity index (χ2v) is 8.37. The summed E-state index contributed by atoms with van der Waals surface area (Å²) in [6, 6.07) is 8.73. The Morgan fingerprint density at radius 3 is 2.97 bits per heavy atom. The number of benzene rings is 2. The predicted octanol–water partition coefficient (Wildman–Crippen LogP) is 1.09. The first-order valence-electron chi connectivity index (χ1n) is 11.0. The first kappa shape index (κ1) is 22.1. The Labute approximate surface area is 196 Å². The van der Waals surface area contributed by atoms with Crippen LogP contribution in [0.2, 0.25) is 0 Å². The lowest BCUT2D eigenvalue weighted by Crippen LogP contribution is -2.35. The molecule has 0 saturated heterocycles. The van der Waals surface area contributed by atoms with Gasteiger partial charge in [-0.25, -0.2) is 0 Å². The van der Waals surface area contributed by atoms with Gasteiger partial charge < -0.3 is 24.6 Å². The van der Waals surface area contributed by atoms with Gasteiger partial charge in [-0.15, -0.1) is 5.10 Å². The van der Waals surface area contributed by atoms with Crippen LogP contribution in [-0.4, -0.2) is 76.3 Å². The smallest absolute Gasteiger partial charge is 0.253 e. The highest BCUT2D eigenvalue weighted by molar-refractivity contribution is 5.97. The summed E-state index contributed by atoms with van der Waals surface area (Å²) < 4.78 is 18.7. The van der Waals surface area contributed by atoms with E-state index in [4.69, 9.17) is 14.2 Å². The minimum atomic E-state index is -0.660. The summed E-state index contributed by atoms with van der Waals surface area (Å²) in [6.45, 7) is 2.66. The molecule has 2 unspecified atom stereocenters. The van der Waals surface area contributed by atoms with Crippen LogP contribution in [0.5, 0.6) is 17.2 Å². The number of hydrogen-bond donors (Lipinski definition) is 2. The van der Waals surface area contributed by atoms with E-state index in [1.165, 1.54) is 0 Å². The topological polar surface area (TPSA) is 124 Å². The summed E-state index contributed by atoms with van der Waals surface area (Å²) in [7, 11) is 3.60. The molecule has 2 aromatic carbocycles. The zero-order chi connectivity index (χ0) is 23.8. The summed E-state index contributed by atoms with van der Waals surface area (Å²) in [4.78, 5) is 15.0. The summed E-state index contributed by atoms with van der Waals surface area (Å²) in [5.74, 6) is 2.05. The zero-order valence-electron chi connectivity index (χ0n) is 19.2. The van der Waals surface area contributed by atoms with Crippen LogP contribution in [0.4, 0.5) is 0 Å². The molecule has 0 radical (unpaired) electrons. The molecule has 3 aromatic rings. The molecule has 34 heavy (non-hydrogen) atoms. The van der Waals surface area contributed by atoms with E-state index in [0.717, 1.165) is 24.1 Å². The van der Waals surface area contributed by atoms with Crippen molar-refractivity contribution in [2.75, 3.05) is 34.0 Å². The number of carbonyl (C=O) groups is 1. The Bertz CT molecular complexity index is 1230.